The maximum absolute atomic E-state index is 4.69. The lowest BCUT2D eigenvalue weighted by Gasteiger charge is -2.35. The number of nitrogens with one attached hydrogen (secondary N) is 1. The molecule has 2 rings (SSSR count). The van der Waals surface area contributed by atoms with Crippen molar-refractivity contribution in [1.29, 1.82) is 0 Å². The van der Waals surface area contributed by atoms with Gasteiger partial charge in [0.15, 0.2) is 0 Å². The Hall–Kier alpha value is -1.32. The lowest BCUT2D eigenvalue weighted by molar-refractivity contribution is 0.480. The fourth-order valence-electron chi connectivity index (χ4n) is 2.46. The molecule has 1 aliphatic rings. The lowest BCUT2D eigenvalue weighted by atomic mass is 10.0. The van der Waals surface area contributed by atoms with Crippen LogP contribution in [0.1, 0.15) is 45.1 Å². The number of rotatable bonds is 4. The third-order valence-electron chi connectivity index (χ3n) is 3.55. The van der Waals surface area contributed by atoms with E-state index in [1.165, 1.54) is 24.8 Å². The topological polar surface area (TPSA) is 41.1 Å². The molecular weight excluding hydrogens is 224 g/mol. The van der Waals surface area contributed by atoms with E-state index in [1.807, 2.05) is 6.20 Å². The monoisotopic (exact) mass is 248 g/mol. The number of hydrogen-bond acceptors (Lipinski definition) is 4. The zero-order valence-electron chi connectivity index (χ0n) is 11.7. The van der Waals surface area contributed by atoms with Crippen LogP contribution in [-0.2, 0) is 0 Å². The fraction of sp³-hybridized carbons (Fsp3) is 0.714. The minimum atomic E-state index is 0.589. The molecule has 1 unspecified atom stereocenters. The van der Waals surface area contributed by atoms with Crippen LogP contribution < -0.4 is 10.2 Å². The number of nitrogens with zero attached hydrogens (tertiary/aromatic N) is 3. The normalized spacial score (nSPS) is 19.9. The van der Waals surface area contributed by atoms with Gasteiger partial charge < -0.3 is 10.2 Å². The molecule has 0 aliphatic carbocycles. The van der Waals surface area contributed by atoms with Gasteiger partial charge in [0.1, 0.15) is 5.82 Å². The molecule has 0 spiro atoms. The molecule has 1 aromatic heterocycles. The van der Waals surface area contributed by atoms with E-state index in [9.17, 15) is 0 Å². The highest BCUT2D eigenvalue weighted by atomic mass is 15.2. The summed E-state index contributed by atoms with van der Waals surface area (Å²) in [4.78, 5) is 11.5. The first-order valence-electron chi connectivity index (χ1n) is 7.06. The first-order valence-corrected chi connectivity index (χ1v) is 7.06. The van der Waals surface area contributed by atoms with E-state index in [0.717, 1.165) is 31.3 Å². The van der Waals surface area contributed by atoms with Gasteiger partial charge in [-0.1, -0.05) is 6.92 Å². The molecule has 4 nitrogen and oxygen atoms in total. The summed E-state index contributed by atoms with van der Waals surface area (Å²) in [5.74, 6) is 1.87. The Morgan fingerprint density at radius 1 is 1.44 bits per heavy atom. The number of piperidine rings is 1. The summed E-state index contributed by atoms with van der Waals surface area (Å²) in [7, 11) is 0. The number of aryl methyl sites for hydroxylation is 1. The molecule has 0 saturated carbocycles. The molecule has 1 aliphatic heterocycles. The van der Waals surface area contributed by atoms with Crippen molar-refractivity contribution < 1.29 is 0 Å². The van der Waals surface area contributed by atoms with Crippen molar-refractivity contribution in [3.05, 3.63) is 11.8 Å². The van der Waals surface area contributed by atoms with Gasteiger partial charge >= 0.3 is 0 Å². The van der Waals surface area contributed by atoms with Crippen LogP contribution in [0.4, 0.5) is 11.8 Å². The molecule has 1 aromatic rings. The summed E-state index contributed by atoms with van der Waals surface area (Å²) < 4.78 is 0. The first kappa shape index (κ1) is 13.1. The molecule has 4 heteroatoms. The van der Waals surface area contributed by atoms with Crippen LogP contribution in [0.15, 0.2) is 6.20 Å². The van der Waals surface area contributed by atoms with Gasteiger partial charge in [0.25, 0.3) is 0 Å². The third-order valence-corrected chi connectivity index (χ3v) is 3.55. The first-order chi connectivity index (χ1) is 8.72. The van der Waals surface area contributed by atoms with E-state index >= 15 is 0 Å². The molecule has 0 bridgehead atoms. The Kier molecular flexibility index (Phi) is 4.39. The van der Waals surface area contributed by atoms with E-state index in [4.69, 9.17) is 0 Å². The Bertz CT molecular complexity index is 391. The molecule has 1 atom stereocenters. The van der Waals surface area contributed by atoms with Crippen LogP contribution in [0.5, 0.6) is 0 Å². The van der Waals surface area contributed by atoms with E-state index in [-0.39, 0.29) is 0 Å². The SMILES string of the molecule is CCCNc1ncc(C)c(N2CCCCC2C)n1. The van der Waals surface area contributed by atoms with Crippen LogP contribution in [0.2, 0.25) is 0 Å². The van der Waals surface area contributed by atoms with E-state index in [2.05, 4.69) is 41.0 Å². The predicted molar refractivity (Wildman–Crippen MR) is 76.2 cm³/mol. The second-order valence-electron chi connectivity index (χ2n) is 5.17. The Morgan fingerprint density at radius 3 is 3.00 bits per heavy atom. The molecule has 18 heavy (non-hydrogen) atoms. The van der Waals surface area contributed by atoms with E-state index in [1.54, 1.807) is 0 Å². The number of anilines is 2. The summed E-state index contributed by atoms with van der Waals surface area (Å²) in [6.07, 6.45) is 6.89. The largest absolute Gasteiger partial charge is 0.354 e. The van der Waals surface area contributed by atoms with Gasteiger partial charge in [0.05, 0.1) is 0 Å². The minimum absolute atomic E-state index is 0.589. The van der Waals surface area contributed by atoms with Crippen molar-refractivity contribution in [2.24, 2.45) is 0 Å². The molecule has 100 valence electrons. The van der Waals surface area contributed by atoms with Gasteiger partial charge in [0, 0.05) is 30.9 Å². The summed E-state index contributed by atoms with van der Waals surface area (Å²) in [5.41, 5.74) is 1.17. The standard InChI is InChI=1S/C14H24N4/c1-4-8-15-14-16-10-11(2)13(17-14)18-9-6-5-7-12(18)3/h10,12H,4-9H2,1-3H3,(H,15,16,17). The summed E-state index contributed by atoms with van der Waals surface area (Å²) in [6.45, 7) is 8.58. The highest BCUT2D eigenvalue weighted by Crippen LogP contribution is 2.26. The van der Waals surface area contributed by atoms with Crippen LogP contribution >= 0.6 is 0 Å². The average molecular weight is 248 g/mol. The van der Waals surface area contributed by atoms with Crippen molar-refractivity contribution in [3.8, 4) is 0 Å². The highest BCUT2D eigenvalue weighted by Gasteiger charge is 2.21. The average Bonchev–Trinajstić information content (AvgIpc) is 2.39. The van der Waals surface area contributed by atoms with Crippen LogP contribution in [0.25, 0.3) is 0 Å². The third kappa shape index (κ3) is 2.92. The Balaban J connectivity index is 2.19. The van der Waals surface area contributed by atoms with Gasteiger partial charge in [-0.25, -0.2) is 4.98 Å². The molecule has 0 amide bonds. The molecular formula is C14H24N4. The summed E-state index contributed by atoms with van der Waals surface area (Å²) >= 11 is 0. The number of hydrogen-bond donors (Lipinski definition) is 1. The Morgan fingerprint density at radius 2 is 2.28 bits per heavy atom. The van der Waals surface area contributed by atoms with Gasteiger partial charge in [-0.15, -0.1) is 0 Å². The summed E-state index contributed by atoms with van der Waals surface area (Å²) in [5, 5.41) is 3.27. The quantitative estimate of drug-likeness (QED) is 0.889. The second kappa shape index (κ2) is 6.03. The smallest absolute Gasteiger partial charge is 0.224 e. The molecule has 1 N–H and O–H groups in total. The lowest BCUT2D eigenvalue weighted by Crippen LogP contribution is -2.38. The fourth-order valence-corrected chi connectivity index (χ4v) is 2.46. The molecule has 1 fully saturated rings. The zero-order chi connectivity index (χ0) is 13.0. The van der Waals surface area contributed by atoms with Gasteiger partial charge in [-0.2, -0.15) is 4.98 Å². The van der Waals surface area contributed by atoms with Gasteiger partial charge in [-0.3, -0.25) is 0 Å². The van der Waals surface area contributed by atoms with Gasteiger partial charge in [0.2, 0.25) is 5.95 Å². The molecule has 1 saturated heterocycles. The number of aromatic nitrogens is 2. The predicted octanol–water partition coefficient (Wildman–Crippen LogP) is 2.99. The molecule has 2 heterocycles. The highest BCUT2D eigenvalue weighted by molar-refractivity contribution is 5.50. The van der Waals surface area contributed by atoms with Crippen LogP contribution in [0.3, 0.4) is 0 Å². The minimum Gasteiger partial charge on any atom is -0.354 e. The second-order valence-corrected chi connectivity index (χ2v) is 5.17. The Labute approximate surface area is 110 Å². The van der Waals surface area contributed by atoms with E-state index < -0.39 is 0 Å². The van der Waals surface area contributed by atoms with Gasteiger partial charge in [-0.05, 0) is 39.5 Å². The van der Waals surface area contributed by atoms with Crippen molar-refractivity contribution in [2.45, 2.75) is 52.5 Å². The summed E-state index contributed by atoms with van der Waals surface area (Å²) in [6, 6.07) is 0.589. The zero-order valence-corrected chi connectivity index (χ0v) is 11.7. The van der Waals surface area contributed by atoms with Crippen molar-refractivity contribution in [1.82, 2.24) is 9.97 Å². The van der Waals surface area contributed by atoms with E-state index in [0.29, 0.717) is 6.04 Å². The maximum Gasteiger partial charge on any atom is 0.224 e. The maximum atomic E-state index is 4.69. The van der Waals surface area contributed by atoms with Crippen molar-refractivity contribution >= 4 is 11.8 Å². The van der Waals surface area contributed by atoms with Crippen LogP contribution in [-0.4, -0.2) is 29.1 Å². The molecule has 0 radical (unpaired) electrons. The molecule has 0 aromatic carbocycles. The van der Waals surface area contributed by atoms with Crippen molar-refractivity contribution in [3.63, 3.8) is 0 Å². The van der Waals surface area contributed by atoms with Crippen molar-refractivity contribution in [2.75, 3.05) is 23.3 Å². The van der Waals surface area contributed by atoms with Crippen LogP contribution in [0, 0.1) is 6.92 Å².